The highest BCUT2D eigenvalue weighted by atomic mass is 16.5. The van der Waals surface area contributed by atoms with Crippen LogP contribution in [0.3, 0.4) is 0 Å². The van der Waals surface area contributed by atoms with E-state index >= 15 is 0 Å². The molecule has 0 aromatic carbocycles. The number of rotatable bonds is 6. The third-order valence-corrected chi connectivity index (χ3v) is 4.57. The average Bonchev–Trinajstić information content (AvgIpc) is 3.37. The van der Waals surface area contributed by atoms with Gasteiger partial charge in [0.1, 0.15) is 11.4 Å². The van der Waals surface area contributed by atoms with Crippen LogP contribution in [0.4, 0.5) is 0 Å². The maximum atomic E-state index is 12.1. The molecule has 1 aromatic heterocycles. The standard InChI is InChI=1S/C19H19N3O8/c23-14-6-2-8-21(14)16(25)10-29-18(27)12-4-1-5-13(20-12)19(28)30-11-17(26)22-9-3-7-15(22)24/h1,4-5H,2-3,6-11H2. The molecule has 3 heterocycles. The SMILES string of the molecule is O=C(OCC(=O)N1CCCC1=O)c1cccc(C(=O)OCC(=O)N2CCCC2=O)n1. The molecule has 0 bridgehead atoms. The molecule has 0 spiro atoms. The van der Waals surface area contributed by atoms with Gasteiger partial charge >= 0.3 is 11.9 Å². The van der Waals surface area contributed by atoms with Crippen LogP contribution in [-0.2, 0) is 28.7 Å². The molecule has 0 aliphatic carbocycles. The molecule has 0 atom stereocenters. The number of imide groups is 2. The van der Waals surface area contributed by atoms with Crippen molar-refractivity contribution in [3.8, 4) is 0 Å². The zero-order valence-electron chi connectivity index (χ0n) is 16.0. The summed E-state index contributed by atoms with van der Waals surface area (Å²) in [5, 5.41) is 0. The zero-order valence-corrected chi connectivity index (χ0v) is 16.0. The van der Waals surface area contributed by atoms with E-state index in [1.54, 1.807) is 0 Å². The van der Waals surface area contributed by atoms with E-state index < -0.39 is 37.0 Å². The molecule has 2 saturated heterocycles. The molecule has 11 heteroatoms. The number of pyridine rings is 1. The highest BCUT2D eigenvalue weighted by Crippen LogP contribution is 2.11. The molecule has 30 heavy (non-hydrogen) atoms. The molecule has 2 aliphatic heterocycles. The van der Waals surface area contributed by atoms with E-state index in [0.29, 0.717) is 12.8 Å². The van der Waals surface area contributed by atoms with Gasteiger partial charge in [-0.25, -0.2) is 14.6 Å². The molecule has 3 rings (SSSR count). The minimum atomic E-state index is -0.955. The summed E-state index contributed by atoms with van der Waals surface area (Å²) in [4.78, 5) is 77.0. The quantitative estimate of drug-likeness (QED) is 0.570. The summed E-state index contributed by atoms with van der Waals surface area (Å²) >= 11 is 0. The number of likely N-dealkylation sites (tertiary alicyclic amines) is 2. The number of carbonyl (C=O) groups excluding carboxylic acids is 6. The minimum Gasteiger partial charge on any atom is -0.451 e. The molecule has 0 radical (unpaired) electrons. The molecular formula is C19H19N3O8. The van der Waals surface area contributed by atoms with Crippen LogP contribution in [0.5, 0.6) is 0 Å². The van der Waals surface area contributed by atoms with E-state index in [2.05, 4.69) is 4.98 Å². The van der Waals surface area contributed by atoms with Gasteiger partial charge in [0, 0.05) is 25.9 Å². The molecule has 0 N–H and O–H groups in total. The summed E-state index contributed by atoms with van der Waals surface area (Å²) in [6.45, 7) is -0.675. The van der Waals surface area contributed by atoms with Gasteiger partial charge in [-0.2, -0.15) is 0 Å². The van der Waals surface area contributed by atoms with Crippen LogP contribution in [0, 0.1) is 0 Å². The second kappa shape index (κ2) is 9.25. The molecule has 11 nitrogen and oxygen atoms in total. The normalized spacial score (nSPS) is 16.0. The van der Waals surface area contributed by atoms with Crippen LogP contribution >= 0.6 is 0 Å². The largest absolute Gasteiger partial charge is 0.451 e. The van der Waals surface area contributed by atoms with Crippen LogP contribution in [0.25, 0.3) is 0 Å². The predicted octanol–water partition coefficient (Wildman–Crippen LogP) is -0.307. The Morgan fingerprint density at radius 3 is 1.60 bits per heavy atom. The van der Waals surface area contributed by atoms with Gasteiger partial charge in [-0.1, -0.05) is 6.07 Å². The molecule has 1 aromatic rings. The van der Waals surface area contributed by atoms with E-state index in [-0.39, 0.29) is 49.1 Å². The van der Waals surface area contributed by atoms with Crippen molar-refractivity contribution in [1.29, 1.82) is 0 Å². The van der Waals surface area contributed by atoms with E-state index in [1.807, 2.05) is 0 Å². The maximum absolute atomic E-state index is 12.1. The molecule has 0 unspecified atom stereocenters. The van der Waals surface area contributed by atoms with E-state index in [0.717, 1.165) is 9.80 Å². The third-order valence-electron chi connectivity index (χ3n) is 4.57. The van der Waals surface area contributed by atoms with Crippen molar-refractivity contribution in [2.45, 2.75) is 25.7 Å². The van der Waals surface area contributed by atoms with Crippen molar-refractivity contribution >= 4 is 35.6 Å². The first kappa shape index (κ1) is 21.1. The Morgan fingerprint density at radius 1 is 0.800 bits per heavy atom. The van der Waals surface area contributed by atoms with E-state index in [4.69, 9.17) is 9.47 Å². The molecule has 4 amide bonds. The van der Waals surface area contributed by atoms with Crippen LogP contribution in [0.15, 0.2) is 18.2 Å². The number of nitrogens with zero attached hydrogens (tertiary/aromatic N) is 3. The Labute approximate surface area is 170 Å². The number of aromatic nitrogens is 1. The predicted molar refractivity (Wildman–Crippen MR) is 96.7 cm³/mol. The van der Waals surface area contributed by atoms with Gasteiger partial charge < -0.3 is 9.47 Å². The van der Waals surface area contributed by atoms with Crippen molar-refractivity contribution < 1.29 is 38.2 Å². The van der Waals surface area contributed by atoms with Crippen molar-refractivity contribution in [3.05, 3.63) is 29.6 Å². The van der Waals surface area contributed by atoms with Crippen LogP contribution < -0.4 is 0 Å². The van der Waals surface area contributed by atoms with Crippen molar-refractivity contribution in [2.24, 2.45) is 0 Å². The Morgan fingerprint density at radius 2 is 1.23 bits per heavy atom. The highest BCUT2D eigenvalue weighted by Gasteiger charge is 2.28. The fraction of sp³-hybridized carbons (Fsp3) is 0.421. The summed E-state index contributed by atoms with van der Waals surface area (Å²) in [7, 11) is 0. The lowest BCUT2D eigenvalue weighted by atomic mass is 10.3. The fourth-order valence-corrected chi connectivity index (χ4v) is 3.04. The lowest BCUT2D eigenvalue weighted by Crippen LogP contribution is -2.35. The molecule has 2 fully saturated rings. The molecule has 2 aliphatic rings. The second-order valence-electron chi connectivity index (χ2n) is 6.65. The summed E-state index contributed by atoms with van der Waals surface area (Å²) in [5.74, 6) is -3.80. The van der Waals surface area contributed by atoms with Gasteiger partial charge in [-0.05, 0) is 25.0 Å². The highest BCUT2D eigenvalue weighted by molar-refractivity contribution is 5.99. The maximum Gasteiger partial charge on any atom is 0.357 e. The second-order valence-corrected chi connectivity index (χ2v) is 6.65. The number of hydrogen-bond donors (Lipinski definition) is 0. The first-order valence-corrected chi connectivity index (χ1v) is 9.34. The van der Waals surface area contributed by atoms with E-state index in [9.17, 15) is 28.8 Å². The minimum absolute atomic E-state index is 0.244. The Hall–Kier alpha value is -3.63. The topological polar surface area (TPSA) is 140 Å². The molecular weight excluding hydrogens is 398 g/mol. The van der Waals surface area contributed by atoms with Gasteiger partial charge in [0.15, 0.2) is 13.2 Å². The van der Waals surface area contributed by atoms with E-state index in [1.165, 1.54) is 18.2 Å². The van der Waals surface area contributed by atoms with Gasteiger partial charge in [-0.3, -0.25) is 29.0 Å². The number of esters is 2. The van der Waals surface area contributed by atoms with Crippen LogP contribution in [-0.4, -0.2) is 76.7 Å². The molecule has 0 saturated carbocycles. The number of carbonyl (C=O) groups is 6. The Bertz CT molecular complexity index is 844. The van der Waals surface area contributed by atoms with Gasteiger partial charge in [-0.15, -0.1) is 0 Å². The number of amides is 4. The van der Waals surface area contributed by atoms with Crippen LogP contribution in [0.2, 0.25) is 0 Å². The van der Waals surface area contributed by atoms with Crippen molar-refractivity contribution in [2.75, 3.05) is 26.3 Å². The third kappa shape index (κ3) is 4.85. The monoisotopic (exact) mass is 417 g/mol. The van der Waals surface area contributed by atoms with Crippen molar-refractivity contribution in [3.63, 3.8) is 0 Å². The van der Waals surface area contributed by atoms with Crippen molar-refractivity contribution in [1.82, 2.24) is 14.8 Å². The first-order chi connectivity index (χ1) is 14.4. The lowest BCUT2D eigenvalue weighted by molar-refractivity contribution is -0.145. The first-order valence-electron chi connectivity index (χ1n) is 9.34. The zero-order chi connectivity index (χ0) is 21.7. The smallest absolute Gasteiger partial charge is 0.357 e. The summed E-state index contributed by atoms with van der Waals surface area (Å²) in [5.41, 5.74) is -0.489. The summed E-state index contributed by atoms with van der Waals surface area (Å²) in [6.07, 6.45) is 1.69. The summed E-state index contributed by atoms with van der Waals surface area (Å²) in [6, 6.07) is 3.91. The number of hydrogen-bond acceptors (Lipinski definition) is 9. The van der Waals surface area contributed by atoms with Crippen LogP contribution in [0.1, 0.15) is 46.7 Å². The molecule has 158 valence electrons. The summed E-state index contributed by atoms with van der Waals surface area (Å²) < 4.78 is 9.74. The number of ether oxygens (including phenoxy) is 2. The Balaban J connectivity index is 1.52. The lowest BCUT2D eigenvalue weighted by Gasteiger charge is -2.13. The fourth-order valence-electron chi connectivity index (χ4n) is 3.04. The van der Waals surface area contributed by atoms with Gasteiger partial charge in [0.2, 0.25) is 11.8 Å². The Kier molecular flexibility index (Phi) is 6.50. The van der Waals surface area contributed by atoms with Gasteiger partial charge in [0.25, 0.3) is 11.8 Å². The average molecular weight is 417 g/mol. The van der Waals surface area contributed by atoms with Gasteiger partial charge in [0.05, 0.1) is 0 Å².